The molecule has 0 aliphatic heterocycles. The molecule has 0 radical (unpaired) electrons. The molecule has 1 saturated carbocycles. The first kappa shape index (κ1) is 25.2. The summed E-state index contributed by atoms with van der Waals surface area (Å²) in [5, 5.41) is 2.61. The van der Waals surface area contributed by atoms with Crippen LogP contribution < -0.4 is 10.2 Å². The maximum absolute atomic E-state index is 14.0. The summed E-state index contributed by atoms with van der Waals surface area (Å²) in [5.74, 6) is -2.01. The Morgan fingerprint density at radius 1 is 1.21 bits per heavy atom. The van der Waals surface area contributed by atoms with Crippen molar-refractivity contribution in [2.24, 2.45) is 0 Å². The van der Waals surface area contributed by atoms with Crippen LogP contribution in [0.4, 0.5) is 23.2 Å². The van der Waals surface area contributed by atoms with Gasteiger partial charge in [0, 0.05) is 34.6 Å². The highest BCUT2D eigenvalue weighted by molar-refractivity contribution is 7.80. The van der Waals surface area contributed by atoms with Gasteiger partial charge in [0.05, 0.1) is 6.10 Å². The third-order valence-electron chi connectivity index (χ3n) is 5.26. The van der Waals surface area contributed by atoms with Gasteiger partial charge in [0.15, 0.2) is 5.54 Å². The molecule has 7 nitrogen and oxygen atoms in total. The monoisotopic (exact) mass is 506 g/mol. The number of carbonyl (C=O) groups excluding carboxylic acids is 2. The average molecular weight is 507 g/mol. The topological polar surface area (TPSA) is 84.4 Å². The fraction of sp³-hybridized carbons (Fsp3) is 0.400. The van der Waals surface area contributed by atoms with Crippen LogP contribution in [0.15, 0.2) is 47.9 Å². The number of hydrogen-bond donors (Lipinski definition) is 2. The SMILES string of the molecule is C[C@@](C(=O)NC1CC(OC(F)(F)F)C1)(c1cncnc1)N(C(=O)[C@H](F)Cl)c1ccc(S)cc1. The zero-order valence-electron chi connectivity index (χ0n) is 17.1. The number of rotatable bonds is 7. The highest BCUT2D eigenvalue weighted by atomic mass is 35.5. The third kappa shape index (κ3) is 5.74. The fourth-order valence-electron chi connectivity index (χ4n) is 3.51. The number of carbonyl (C=O) groups is 2. The zero-order chi connectivity index (χ0) is 24.4. The molecule has 0 spiro atoms. The molecule has 1 N–H and O–H groups in total. The molecule has 2 atom stereocenters. The van der Waals surface area contributed by atoms with Gasteiger partial charge in [-0.05, 0) is 44.0 Å². The van der Waals surface area contributed by atoms with Crippen LogP contribution in [0.3, 0.4) is 0 Å². The number of alkyl halides is 5. The molecule has 33 heavy (non-hydrogen) atoms. The number of ether oxygens (including phenoxy) is 1. The Balaban J connectivity index is 1.96. The minimum atomic E-state index is -4.78. The zero-order valence-corrected chi connectivity index (χ0v) is 18.7. The minimum absolute atomic E-state index is 0.0871. The van der Waals surface area contributed by atoms with Crippen LogP contribution in [0.2, 0.25) is 0 Å². The summed E-state index contributed by atoms with van der Waals surface area (Å²) in [6, 6.07) is 5.31. The van der Waals surface area contributed by atoms with Gasteiger partial charge in [0.25, 0.3) is 17.4 Å². The van der Waals surface area contributed by atoms with Crippen molar-refractivity contribution in [2.75, 3.05) is 4.90 Å². The lowest BCUT2D eigenvalue weighted by molar-refractivity contribution is -0.351. The van der Waals surface area contributed by atoms with Gasteiger partial charge >= 0.3 is 6.36 Å². The van der Waals surface area contributed by atoms with Gasteiger partial charge in [-0.2, -0.15) is 0 Å². The van der Waals surface area contributed by atoms with Gasteiger partial charge in [-0.15, -0.1) is 25.8 Å². The van der Waals surface area contributed by atoms with E-state index in [1.54, 1.807) is 0 Å². The van der Waals surface area contributed by atoms with Crippen molar-refractivity contribution in [1.29, 1.82) is 0 Å². The predicted molar refractivity (Wildman–Crippen MR) is 113 cm³/mol. The number of nitrogens with one attached hydrogen (secondary N) is 1. The van der Waals surface area contributed by atoms with Crippen molar-refractivity contribution in [2.45, 2.75) is 54.3 Å². The normalized spacial score (nSPS) is 20.8. The van der Waals surface area contributed by atoms with Crippen LogP contribution in [0, 0.1) is 0 Å². The average Bonchev–Trinajstić information content (AvgIpc) is 2.73. The lowest BCUT2D eigenvalue weighted by atomic mass is 9.85. The molecule has 0 unspecified atom stereocenters. The van der Waals surface area contributed by atoms with E-state index < -0.39 is 41.5 Å². The summed E-state index contributed by atoms with van der Waals surface area (Å²) < 4.78 is 55.2. The smallest absolute Gasteiger partial charge is 0.351 e. The highest BCUT2D eigenvalue weighted by Crippen LogP contribution is 2.36. The van der Waals surface area contributed by atoms with Crippen LogP contribution >= 0.6 is 24.2 Å². The minimum Gasteiger partial charge on any atom is -0.351 e. The molecule has 0 bridgehead atoms. The molecule has 13 heteroatoms. The van der Waals surface area contributed by atoms with E-state index in [-0.39, 0.29) is 24.1 Å². The molecular weight excluding hydrogens is 488 g/mol. The van der Waals surface area contributed by atoms with Crippen LogP contribution in [0.5, 0.6) is 0 Å². The summed E-state index contributed by atoms with van der Waals surface area (Å²) in [4.78, 5) is 35.5. The second-order valence-corrected chi connectivity index (χ2v) is 8.42. The van der Waals surface area contributed by atoms with Gasteiger partial charge in [-0.25, -0.2) is 14.4 Å². The molecule has 1 aromatic heterocycles. The maximum atomic E-state index is 14.0. The molecule has 1 aliphatic carbocycles. The van der Waals surface area contributed by atoms with Crippen molar-refractivity contribution in [3.05, 3.63) is 48.5 Å². The Morgan fingerprint density at radius 3 is 2.30 bits per heavy atom. The predicted octanol–water partition coefficient (Wildman–Crippen LogP) is 3.73. The first-order valence-electron chi connectivity index (χ1n) is 9.64. The number of hydrogen-bond acceptors (Lipinski definition) is 6. The van der Waals surface area contributed by atoms with E-state index in [1.807, 2.05) is 0 Å². The molecule has 178 valence electrons. The molecule has 3 rings (SSSR count). The highest BCUT2D eigenvalue weighted by Gasteiger charge is 2.49. The van der Waals surface area contributed by atoms with E-state index in [2.05, 4.69) is 32.7 Å². The second-order valence-electron chi connectivity index (χ2n) is 7.52. The Kier molecular flexibility index (Phi) is 7.49. The van der Waals surface area contributed by atoms with Gasteiger partial charge in [-0.1, -0.05) is 11.6 Å². The molecular formula is C20H19ClF4N4O3S. The van der Waals surface area contributed by atoms with Gasteiger partial charge in [0.1, 0.15) is 6.33 Å². The van der Waals surface area contributed by atoms with E-state index in [9.17, 15) is 27.2 Å². The molecule has 1 heterocycles. The van der Waals surface area contributed by atoms with E-state index in [4.69, 9.17) is 11.6 Å². The van der Waals surface area contributed by atoms with Crippen molar-refractivity contribution in [3.63, 3.8) is 0 Å². The summed E-state index contributed by atoms with van der Waals surface area (Å²) in [6.07, 6.45) is -2.30. The number of halogens is 5. The van der Waals surface area contributed by atoms with Gasteiger partial charge in [0.2, 0.25) is 0 Å². The maximum Gasteiger partial charge on any atom is 0.522 e. The molecule has 1 aromatic carbocycles. The third-order valence-corrected chi connectivity index (χ3v) is 5.74. The number of anilines is 1. The first-order chi connectivity index (χ1) is 15.4. The first-order valence-corrected chi connectivity index (χ1v) is 10.5. The number of nitrogens with zero attached hydrogens (tertiary/aromatic N) is 3. The van der Waals surface area contributed by atoms with E-state index in [0.29, 0.717) is 4.90 Å². The van der Waals surface area contributed by atoms with E-state index in [0.717, 1.165) is 4.90 Å². The number of aromatic nitrogens is 2. The lowest BCUT2D eigenvalue weighted by Crippen LogP contribution is -2.61. The van der Waals surface area contributed by atoms with Crippen LogP contribution in [0.1, 0.15) is 25.3 Å². The Bertz CT molecular complexity index is 991. The Labute approximate surface area is 196 Å². The molecule has 2 amide bonds. The van der Waals surface area contributed by atoms with Crippen molar-refractivity contribution in [3.8, 4) is 0 Å². The summed E-state index contributed by atoms with van der Waals surface area (Å²) in [7, 11) is 0. The largest absolute Gasteiger partial charge is 0.522 e. The lowest BCUT2D eigenvalue weighted by Gasteiger charge is -2.43. The summed E-state index contributed by atoms with van der Waals surface area (Å²) in [5.41, 5.74) is -4.11. The number of benzene rings is 1. The quantitative estimate of drug-likeness (QED) is 0.340. The summed E-state index contributed by atoms with van der Waals surface area (Å²) >= 11 is 9.65. The van der Waals surface area contributed by atoms with Gasteiger partial charge in [-0.3, -0.25) is 19.2 Å². The van der Waals surface area contributed by atoms with Crippen molar-refractivity contribution >= 4 is 41.7 Å². The second kappa shape index (κ2) is 9.82. The fourth-order valence-corrected chi connectivity index (χ4v) is 3.76. The Hall–Kier alpha value is -2.44. The number of amides is 2. The molecule has 1 aliphatic rings. The van der Waals surface area contributed by atoms with E-state index >= 15 is 0 Å². The van der Waals surface area contributed by atoms with Crippen molar-refractivity contribution < 1.29 is 31.9 Å². The van der Waals surface area contributed by atoms with Crippen molar-refractivity contribution in [1.82, 2.24) is 15.3 Å². The number of thiol groups is 1. The van der Waals surface area contributed by atoms with E-state index in [1.165, 1.54) is 49.9 Å². The standard InChI is InChI=1S/C20H19ClF4N4O3S/c1-19(11-8-26-10-27-9-11,18(31)28-12-6-14(7-12)32-20(23,24)25)29(17(30)16(21)22)13-2-4-15(33)5-3-13/h2-5,8-10,12,14,16,33H,6-7H2,1H3,(H,28,31)/t12?,14?,16-,19-/m0/s1. The summed E-state index contributed by atoms with van der Waals surface area (Å²) in [6.45, 7) is 1.34. The molecule has 0 saturated heterocycles. The molecule has 1 fully saturated rings. The van der Waals surface area contributed by atoms with Crippen LogP contribution in [0.25, 0.3) is 0 Å². The van der Waals surface area contributed by atoms with Crippen LogP contribution in [-0.2, 0) is 19.9 Å². The molecule has 2 aromatic rings. The van der Waals surface area contributed by atoms with Gasteiger partial charge < -0.3 is 5.32 Å². The van der Waals surface area contributed by atoms with Crippen LogP contribution in [-0.4, -0.2) is 45.9 Å². The Morgan fingerprint density at radius 2 is 1.79 bits per heavy atom.